The molecule has 0 aliphatic heterocycles. The monoisotopic (exact) mass is 336 g/mol. The zero-order valence-electron chi connectivity index (χ0n) is 14.8. The van der Waals surface area contributed by atoms with Gasteiger partial charge in [-0.15, -0.1) is 0 Å². The summed E-state index contributed by atoms with van der Waals surface area (Å²) in [5.74, 6) is -0.153. The van der Waals surface area contributed by atoms with Gasteiger partial charge in [-0.05, 0) is 47.2 Å². The Balaban J connectivity index is 1.75. The molecular weight excluding hydrogens is 312 g/mol. The lowest BCUT2D eigenvalue weighted by atomic mass is 9.88. The Morgan fingerprint density at radius 3 is 2.60 bits per heavy atom. The number of rotatable bonds is 4. The molecular formula is C20H24N4O. The highest BCUT2D eigenvalue weighted by atomic mass is 16.2. The van der Waals surface area contributed by atoms with Crippen LogP contribution in [0.4, 0.5) is 5.69 Å². The van der Waals surface area contributed by atoms with E-state index in [9.17, 15) is 4.79 Å². The second-order valence-electron chi connectivity index (χ2n) is 7.54. The molecule has 0 radical (unpaired) electrons. The summed E-state index contributed by atoms with van der Waals surface area (Å²) >= 11 is 0. The Bertz CT molecular complexity index is 875. The van der Waals surface area contributed by atoms with Crippen molar-refractivity contribution in [2.75, 3.05) is 5.32 Å². The average Bonchev–Trinajstić information content (AvgIpc) is 3.02. The molecule has 0 aliphatic rings. The number of amides is 1. The summed E-state index contributed by atoms with van der Waals surface area (Å²) in [7, 11) is 0. The van der Waals surface area contributed by atoms with Gasteiger partial charge in [-0.1, -0.05) is 32.9 Å². The Kier molecular flexibility index (Phi) is 4.59. The molecule has 25 heavy (non-hydrogen) atoms. The Hall–Kier alpha value is -2.66. The van der Waals surface area contributed by atoms with Crippen molar-refractivity contribution >= 4 is 22.6 Å². The highest BCUT2D eigenvalue weighted by Gasteiger charge is 2.21. The van der Waals surface area contributed by atoms with Crippen LogP contribution in [0.5, 0.6) is 0 Å². The van der Waals surface area contributed by atoms with Crippen molar-refractivity contribution in [3.63, 3.8) is 0 Å². The first-order chi connectivity index (χ1) is 11.8. The molecule has 1 amide bonds. The van der Waals surface area contributed by atoms with Gasteiger partial charge in [0.2, 0.25) is 5.91 Å². The second kappa shape index (κ2) is 6.69. The van der Waals surface area contributed by atoms with Crippen LogP contribution in [0.2, 0.25) is 0 Å². The molecule has 3 rings (SSSR count). The van der Waals surface area contributed by atoms with Crippen LogP contribution in [0.25, 0.3) is 22.2 Å². The van der Waals surface area contributed by atoms with Gasteiger partial charge in [-0.25, -0.2) is 4.98 Å². The summed E-state index contributed by atoms with van der Waals surface area (Å²) in [5.41, 5.74) is 9.81. The molecule has 1 aromatic carbocycles. The van der Waals surface area contributed by atoms with Gasteiger partial charge in [-0.2, -0.15) is 0 Å². The van der Waals surface area contributed by atoms with Crippen molar-refractivity contribution < 1.29 is 4.79 Å². The average molecular weight is 336 g/mol. The molecule has 2 aromatic heterocycles. The van der Waals surface area contributed by atoms with Crippen LogP contribution < -0.4 is 11.1 Å². The fourth-order valence-electron chi connectivity index (χ4n) is 2.93. The summed E-state index contributed by atoms with van der Waals surface area (Å²) in [4.78, 5) is 19.7. The number of H-pyrrole nitrogens is 1. The van der Waals surface area contributed by atoms with Crippen LogP contribution in [-0.4, -0.2) is 21.9 Å². The van der Waals surface area contributed by atoms with E-state index in [1.165, 1.54) is 0 Å². The van der Waals surface area contributed by atoms with Crippen LogP contribution in [0.3, 0.4) is 0 Å². The summed E-state index contributed by atoms with van der Waals surface area (Å²) in [6, 6.07) is 11.3. The highest BCUT2D eigenvalue weighted by molar-refractivity contribution is 5.96. The zero-order valence-corrected chi connectivity index (χ0v) is 14.8. The summed E-state index contributed by atoms with van der Waals surface area (Å²) < 4.78 is 0. The van der Waals surface area contributed by atoms with E-state index in [1.807, 2.05) is 42.6 Å². The normalized spacial score (nSPS) is 13.0. The van der Waals surface area contributed by atoms with Crippen LogP contribution >= 0.6 is 0 Å². The maximum Gasteiger partial charge on any atom is 0.241 e. The standard InChI is InChI=1S/C20H24N4O/c1-20(2,3)12-17(21)19(25)24-14-6-4-13(5-7-14)15-8-10-22-18-16(15)9-11-23-18/h4-11,17H,12,21H2,1-3H3,(H,22,23)(H,24,25). The van der Waals surface area contributed by atoms with Crippen molar-refractivity contribution in [3.8, 4) is 11.1 Å². The number of carbonyl (C=O) groups is 1. The molecule has 4 N–H and O–H groups in total. The fourth-order valence-corrected chi connectivity index (χ4v) is 2.93. The molecule has 5 nitrogen and oxygen atoms in total. The van der Waals surface area contributed by atoms with Gasteiger partial charge in [0.1, 0.15) is 5.65 Å². The van der Waals surface area contributed by atoms with Crippen LogP contribution in [-0.2, 0) is 4.79 Å². The molecule has 5 heteroatoms. The predicted octanol–water partition coefficient (Wildman–Crippen LogP) is 3.93. The van der Waals surface area contributed by atoms with Crippen LogP contribution in [0.1, 0.15) is 27.2 Å². The first-order valence-corrected chi connectivity index (χ1v) is 8.42. The smallest absolute Gasteiger partial charge is 0.241 e. The Morgan fingerprint density at radius 2 is 1.92 bits per heavy atom. The number of hydrogen-bond acceptors (Lipinski definition) is 3. The first kappa shape index (κ1) is 17.2. The molecule has 0 spiro atoms. The number of aromatic amines is 1. The lowest BCUT2D eigenvalue weighted by molar-refractivity contribution is -0.118. The fraction of sp³-hybridized carbons (Fsp3) is 0.300. The maximum atomic E-state index is 12.2. The lowest BCUT2D eigenvalue weighted by Gasteiger charge is -2.22. The number of nitrogens with one attached hydrogen (secondary N) is 2. The number of pyridine rings is 1. The van der Waals surface area contributed by atoms with Crippen molar-refractivity contribution in [3.05, 3.63) is 48.8 Å². The van der Waals surface area contributed by atoms with Crippen molar-refractivity contribution in [1.82, 2.24) is 9.97 Å². The number of hydrogen-bond donors (Lipinski definition) is 3. The predicted molar refractivity (Wildman–Crippen MR) is 102 cm³/mol. The molecule has 1 unspecified atom stereocenters. The molecule has 1 atom stereocenters. The SMILES string of the molecule is CC(C)(C)CC(N)C(=O)Nc1ccc(-c2ccnc3[nH]ccc23)cc1. The Morgan fingerprint density at radius 1 is 1.20 bits per heavy atom. The maximum absolute atomic E-state index is 12.2. The molecule has 0 bridgehead atoms. The van der Waals surface area contributed by atoms with E-state index in [0.717, 1.165) is 27.8 Å². The van der Waals surface area contributed by atoms with E-state index in [0.29, 0.717) is 6.42 Å². The number of nitrogens with zero attached hydrogens (tertiary/aromatic N) is 1. The summed E-state index contributed by atoms with van der Waals surface area (Å²) in [6.07, 6.45) is 4.31. The molecule has 2 heterocycles. The third-order valence-corrected chi connectivity index (χ3v) is 4.09. The van der Waals surface area contributed by atoms with Crippen molar-refractivity contribution in [1.29, 1.82) is 0 Å². The summed E-state index contributed by atoms with van der Waals surface area (Å²) in [5, 5.41) is 3.97. The van der Waals surface area contributed by atoms with Crippen molar-refractivity contribution in [2.24, 2.45) is 11.1 Å². The van der Waals surface area contributed by atoms with Crippen molar-refractivity contribution in [2.45, 2.75) is 33.2 Å². The second-order valence-corrected chi connectivity index (χ2v) is 7.54. The summed E-state index contributed by atoms with van der Waals surface area (Å²) in [6.45, 7) is 6.22. The minimum absolute atomic E-state index is 0.0177. The largest absolute Gasteiger partial charge is 0.346 e. The molecule has 3 aromatic rings. The first-order valence-electron chi connectivity index (χ1n) is 8.42. The Labute approximate surface area is 147 Å². The molecule has 0 aliphatic carbocycles. The lowest BCUT2D eigenvalue weighted by Crippen LogP contribution is -2.38. The molecule has 130 valence electrons. The van der Waals surface area contributed by atoms with Gasteiger partial charge in [0.15, 0.2) is 0 Å². The van der Waals surface area contributed by atoms with Crippen LogP contribution in [0.15, 0.2) is 48.8 Å². The van der Waals surface area contributed by atoms with Gasteiger partial charge in [0.05, 0.1) is 6.04 Å². The van der Waals surface area contributed by atoms with Crippen LogP contribution in [0, 0.1) is 5.41 Å². The third-order valence-electron chi connectivity index (χ3n) is 4.09. The van der Waals surface area contributed by atoms with Gasteiger partial charge < -0.3 is 16.0 Å². The molecule has 0 saturated heterocycles. The number of aromatic nitrogens is 2. The van der Waals surface area contributed by atoms with E-state index in [2.05, 4.69) is 36.1 Å². The number of fused-ring (bicyclic) bond motifs is 1. The van der Waals surface area contributed by atoms with E-state index < -0.39 is 6.04 Å². The zero-order chi connectivity index (χ0) is 18.0. The van der Waals surface area contributed by atoms with Gasteiger partial charge in [0, 0.05) is 23.5 Å². The number of anilines is 1. The van der Waals surface area contributed by atoms with E-state index in [-0.39, 0.29) is 11.3 Å². The minimum Gasteiger partial charge on any atom is -0.346 e. The number of nitrogens with two attached hydrogens (primary N) is 1. The van der Waals surface area contributed by atoms with Gasteiger partial charge in [-0.3, -0.25) is 4.79 Å². The van der Waals surface area contributed by atoms with E-state index in [1.54, 1.807) is 6.20 Å². The van der Waals surface area contributed by atoms with E-state index >= 15 is 0 Å². The van der Waals surface area contributed by atoms with E-state index in [4.69, 9.17) is 5.73 Å². The number of benzene rings is 1. The van der Waals surface area contributed by atoms with Gasteiger partial charge in [0.25, 0.3) is 0 Å². The molecule has 0 saturated carbocycles. The molecule has 0 fully saturated rings. The minimum atomic E-state index is -0.514. The number of carbonyl (C=O) groups excluding carboxylic acids is 1. The highest BCUT2D eigenvalue weighted by Crippen LogP contribution is 2.28. The quantitative estimate of drug-likeness (QED) is 0.675. The third kappa shape index (κ3) is 4.06. The van der Waals surface area contributed by atoms with Gasteiger partial charge >= 0.3 is 0 Å². The topological polar surface area (TPSA) is 83.8 Å².